The van der Waals surface area contributed by atoms with E-state index in [2.05, 4.69) is 5.32 Å². The molecule has 5 nitrogen and oxygen atoms in total. The van der Waals surface area contributed by atoms with E-state index in [9.17, 15) is 14.7 Å². The van der Waals surface area contributed by atoms with Crippen LogP contribution in [0.4, 0.5) is 0 Å². The van der Waals surface area contributed by atoms with Gasteiger partial charge in [-0.25, -0.2) is 0 Å². The molecule has 0 aliphatic carbocycles. The summed E-state index contributed by atoms with van der Waals surface area (Å²) in [5.41, 5.74) is 3.17. The van der Waals surface area contributed by atoms with Gasteiger partial charge in [-0.3, -0.25) is 9.59 Å². The number of carbonyl (C=O) groups excluding carboxylic acids is 2. The van der Waals surface area contributed by atoms with E-state index in [0.29, 0.717) is 29.6 Å². The summed E-state index contributed by atoms with van der Waals surface area (Å²) in [6, 6.07) is 13.2. The van der Waals surface area contributed by atoms with Crippen LogP contribution >= 0.6 is 23.2 Å². The monoisotopic (exact) mass is 432 g/mol. The van der Waals surface area contributed by atoms with E-state index in [1.54, 1.807) is 12.1 Å². The van der Waals surface area contributed by atoms with Gasteiger partial charge in [0, 0.05) is 13.1 Å². The summed E-state index contributed by atoms with van der Waals surface area (Å²) in [7, 11) is 0. The topological polar surface area (TPSA) is 69.6 Å². The third kappa shape index (κ3) is 5.11. The van der Waals surface area contributed by atoms with Crippen molar-refractivity contribution in [2.24, 2.45) is 0 Å². The van der Waals surface area contributed by atoms with Crippen molar-refractivity contribution in [1.29, 1.82) is 0 Å². The second-order valence-corrected chi connectivity index (χ2v) is 7.84. The van der Waals surface area contributed by atoms with Crippen molar-refractivity contribution in [2.45, 2.75) is 26.3 Å². The number of nitrogens with one attached hydrogen (secondary N) is 1. The maximum absolute atomic E-state index is 12.4. The van der Waals surface area contributed by atoms with Crippen LogP contribution in [0.1, 0.15) is 23.1 Å². The third-order valence-corrected chi connectivity index (χ3v) is 5.67. The summed E-state index contributed by atoms with van der Waals surface area (Å²) < 4.78 is 0. The standard InChI is InChI=1S/C22H22Cl2N2O3/c1-14-5-2-3-7-16(14)12-26-13-17(20(27)22(26)29)21(28)25-10-4-6-15-8-9-18(23)19(24)11-15/h2-3,5,7-9,11,27H,4,6,10,12-13H2,1H3,(H,25,28). The Hall–Kier alpha value is -2.50. The summed E-state index contributed by atoms with van der Waals surface area (Å²) in [5, 5.41) is 13.9. The first-order valence-electron chi connectivity index (χ1n) is 9.35. The molecule has 2 aromatic carbocycles. The SMILES string of the molecule is Cc1ccccc1CN1CC(C(=O)NCCCc2ccc(Cl)c(Cl)c2)=C(O)C1=O. The molecule has 7 heteroatoms. The fraction of sp³-hybridized carbons (Fsp3) is 0.273. The first-order chi connectivity index (χ1) is 13.9. The lowest BCUT2D eigenvalue weighted by atomic mass is 10.1. The molecule has 0 bridgehead atoms. The Kier molecular flexibility index (Phi) is 6.83. The van der Waals surface area contributed by atoms with Gasteiger partial charge in [0.2, 0.25) is 0 Å². The molecule has 0 saturated carbocycles. The molecule has 0 atom stereocenters. The zero-order valence-electron chi connectivity index (χ0n) is 16.0. The molecule has 3 rings (SSSR count). The lowest BCUT2D eigenvalue weighted by Crippen LogP contribution is -2.30. The molecule has 1 aliphatic rings. The van der Waals surface area contributed by atoms with E-state index in [1.165, 1.54) is 4.90 Å². The average Bonchev–Trinajstić information content (AvgIpc) is 2.98. The lowest BCUT2D eigenvalue weighted by Gasteiger charge is -2.17. The van der Waals surface area contributed by atoms with E-state index in [-0.39, 0.29) is 12.1 Å². The smallest absolute Gasteiger partial charge is 0.289 e. The zero-order chi connectivity index (χ0) is 21.0. The summed E-state index contributed by atoms with van der Waals surface area (Å²) in [5.74, 6) is -1.41. The largest absolute Gasteiger partial charge is 0.503 e. The van der Waals surface area contributed by atoms with Crippen molar-refractivity contribution in [3.8, 4) is 0 Å². The number of benzene rings is 2. The van der Waals surface area contributed by atoms with Gasteiger partial charge in [-0.1, -0.05) is 53.5 Å². The fourth-order valence-corrected chi connectivity index (χ4v) is 3.53. The van der Waals surface area contributed by atoms with Crippen LogP contribution in [0.2, 0.25) is 10.0 Å². The van der Waals surface area contributed by atoms with Crippen molar-refractivity contribution >= 4 is 35.0 Å². The highest BCUT2D eigenvalue weighted by Gasteiger charge is 2.33. The van der Waals surface area contributed by atoms with Crippen LogP contribution in [0.5, 0.6) is 0 Å². The molecular formula is C22H22Cl2N2O3. The number of halogens is 2. The molecule has 0 spiro atoms. The van der Waals surface area contributed by atoms with E-state index in [1.807, 2.05) is 37.3 Å². The van der Waals surface area contributed by atoms with E-state index < -0.39 is 17.6 Å². The molecule has 1 aliphatic heterocycles. The molecule has 2 aromatic rings. The average molecular weight is 433 g/mol. The Balaban J connectivity index is 1.51. The molecule has 1 heterocycles. The van der Waals surface area contributed by atoms with Crippen molar-refractivity contribution in [1.82, 2.24) is 10.2 Å². The van der Waals surface area contributed by atoms with Gasteiger partial charge in [-0.05, 0) is 48.6 Å². The maximum Gasteiger partial charge on any atom is 0.289 e. The second kappa shape index (κ2) is 9.33. The van der Waals surface area contributed by atoms with Crippen molar-refractivity contribution < 1.29 is 14.7 Å². The number of hydrogen-bond donors (Lipinski definition) is 2. The number of aliphatic hydroxyl groups is 1. The van der Waals surface area contributed by atoms with Crippen molar-refractivity contribution in [3.63, 3.8) is 0 Å². The molecule has 0 saturated heterocycles. The highest BCUT2D eigenvalue weighted by atomic mass is 35.5. The predicted octanol–water partition coefficient (Wildman–Crippen LogP) is 4.21. The zero-order valence-corrected chi connectivity index (χ0v) is 17.6. The number of aliphatic hydroxyl groups excluding tert-OH is 1. The fourth-order valence-electron chi connectivity index (χ4n) is 3.21. The van der Waals surface area contributed by atoms with Gasteiger partial charge in [-0.2, -0.15) is 0 Å². The Morgan fingerprint density at radius 1 is 1.17 bits per heavy atom. The molecule has 29 heavy (non-hydrogen) atoms. The summed E-state index contributed by atoms with van der Waals surface area (Å²) >= 11 is 11.9. The van der Waals surface area contributed by atoms with Crippen LogP contribution < -0.4 is 5.32 Å². The summed E-state index contributed by atoms with van der Waals surface area (Å²) in [6.45, 7) is 2.83. The van der Waals surface area contributed by atoms with Gasteiger partial charge in [0.25, 0.3) is 11.8 Å². The first-order valence-corrected chi connectivity index (χ1v) is 10.1. The molecule has 0 fully saturated rings. The number of aryl methyl sites for hydroxylation is 2. The number of hydrogen-bond acceptors (Lipinski definition) is 3. The van der Waals surface area contributed by atoms with E-state index in [4.69, 9.17) is 23.2 Å². The van der Waals surface area contributed by atoms with Gasteiger partial charge in [0.1, 0.15) is 0 Å². The quantitative estimate of drug-likeness (QED) is 0.643. The molecule has 0 unspecified atom stereocenters. The Bertz CT molecular complexity index is 972. The molecule has 0 radical (unpaired) electrons. The second-order valence-electron chi connectivity index (χ2n) is 7.02. The van der Waals surface area contributed by atoms with Gasteiger partial charge in [0.15, 0.2) is 5.76 Å². The predicted molar refractivity (Wildman–Crippen MR) is 114 cm³/mol. The van der Waals surface area contributed by atoms with E-state index >= 15 is 0 Å². The highest BCUT2D eigenvalue weighted by molar-refractivity contribution is 6.42. The van der Waals surface area contributed by atoms with Gasteiger partial charge in [-0.15, -0.1) is 0 Å². The van der Waals surface area contributed by atoms with Gasteiger partial charge in [0.05, 0.1) is 22.2 Å². The lowest BCUT2D eigenvalue weighted by molar-refractivity contribution is -0.128. The molecule has 0 aromatic heterocycles. The number of amides is 2. The maximum atomic E-state index is 12.4. The number of nitrogens with zero attached hydrogens (tertiary/aromatic N) is 1. The minimum Gasteiger partial charge on any atom is -0.503 e. The molecule has 152 valence electrons. The van der Waals surface area contributed by atoms with Crippen LogP contribution in [-0.4, -0.2) is 34.9 Å². The highest BCUT2D eigenvalue weighted by Crippen LogP contribution is 2.23. The number of carbonyl (C=O) groups is 2. The molecular weight excluding hydrogens is 411 g/mol. The minimum atomic E-state index is -0.519. The van der Waals surface area contributed by atoms with Crippen LogP contribution in [0, 0.1) is 6.92 Å². The molecule has 2 N–H and O–H groups in total. The van der Waals surface area contributed by atoms with Gasteiger partial charge >= 0.3 is 0 Å². The Morgan fingerprint density at radius 3 is 2.66 bits per heavy atom. The summed E-state index contributed by atoms with van der Waals surface area (Å²) in [4.78, 5) is 26.2. The van der Waals surface area contributed by atoms with Crippen LogP contribution in [0.3, 0.4) is 0 Å². The van der Waals surface area contributed by atoms with Crippen LogP contribution in [0.15, 0.2) is 53.8 Å². The Labute approximate surface area is 179 Å². The van der Waals surface area contributed by atoms with Crippen LogP contribution in [0.25, 0.3) is 0 Å². The van der Waals surface area contributed by atoms with Crippen LogP contribution in [-0.2, 0) is 22.6 Å². The minimum absolute atomic E-state index is 0.0949. The van der Waals surface area contributed by atoms with E-state index in [0.717, 1.165) is 23.1 Å². The van der Waals surface area contributed by atoms with Crippen molar-refractivity contribution in [3.05, 3.63) is 80.5 Å². The summed E-state index contributed by atoms with van der Waals surface area (Å²) in [6.07, 6.45) is 1.42. The van der Waals surface area contributed by atoms with Crippen molar-refractivity contribution in [2.75, 3.05) is 13.1 Å². The first kappa shape index (κ1) is 21.2. The third-order valence-electron chi connectivity index (χ3n) is 4.93. The normalized spacial score (nSPS) is 13.9. The molecule has 2 amide bonds. The number of rotatable bonds is 7. The Morgan fingerprint density at radius 2 is 1.93 bits per heavy atom. The van der Waals surface area contributed by atoms with Gasteiger partial charge < -0.3 is 15.3 Å².